The highest BCUT2D eigenvalue weighted by Gasteiger charge is 2.49. The topological polar surface area (TPSA) is 139 Å². The van der Waals surface area contributed by atoms with Crippen LogP contribution in [0.15, 0.2) is 29.3 Å². The van der Waals surface area contributed by atoms with Gasteiger partial charge in [0.2, 0.25) is 10.0 Å². The second-order valence-electron chi connectivity index (χ2n) is 9.25. The molecule has 17 heteroatoms. The summed E-state index contributed by atoms with van der Waals surface area (Å²) in [5.41, 5.74) is -1.47. The maximum absolute atomic E-state index is 13.5. The first-order valence-electron chi connectivity index (χ1n) is 11.3. The average molecular weight is 596 g/mol. The lowest BCUT2D eigenvalue weighted by atomic mass is 10.0. The molecule has 0 radical (unpaired) electrons. The minimum atomic E-state index is -4.76. The lowest BCUT2D eigenvalue weighted by Crippen LogP contribution is -2.55. The molecule has 1 aromatic carbocycles. The Morgan fingerprint density at radius 3 is 2.59 bits per heavy atom. The van der Waals surface area contributed by atoms with Crippen LogP contribution in [-0.2, 0) is 26.7 Å². The van der Waals surface area contributed by atoms with Crippen molar-refractivity contribution in [3.05, 3.63) is 40.9 Å². The van der Waals surface area contributed by atoms with E-state index in [0.717, 1.165) is 17.2 Å². The van der Waals surface area contributed by atoms with E-state index in [-0.39, 0.29) is 53.2 Å². The van der Waals surface area contributed by atoms with E-state index in [9.17, 15) is 40.4 Å². The van der Waals surface area contributed by atoms with Crippen molar-refractivity contribution in [2.45, 2.75) is 36.0 Å². The van der Waals surface area contributed by atoms with Gasteiger partial charge in [-0.05, 0) is 31.5 Å². The van der Waals surface area contributed by atoms with Crippen LogP contribution in [0.2, 0.25) is 5.02 Å². The molecular weight excluding hydrogens is 574 g/mol. The van der Waals surface area contributed by atoms with Crippen LogP contribution in [0.25, 0.3) is 0 Å². The number of hydrogen-bond donors (Lipinski definition) is 3. The standard InChI is InChI=1S/C22H22ClF4N5O6S/c1-11(22(25,26)27)28-19(34)20(35)32-6-5-21(9-32)10-38-17-15(39(36,37)30-21)8-31(2)16(17)18(33)29-12-3-4-14(24)13(23)7-12/h3-4,7-8,11,30H,5-6,9-10H2,1-2H3,(H,28,34)(H,29,33)/t11-,21+/m0/s1. The largest absolute Gasteiger partial charge is 0.488 e. The fraction of sp³-hybridized carbons (Fsp3) is 0.409. The Morgan fingerprint density at radius 1 is 1.26 bits per heavy atom. The first-order chi connectivity index (χ1) is 18.0. The highest BCUT2D eigenvalue weighted by Crippen LogP contribution is 2.37. The van der Waals surface area contributed by atoms with Gasteiger partial charge in [-0.2, -0.15) is 17.9 Å². The number of halogens is 5. The minimum absolute atomic E-state index is 0.0217. The predicted octanol–water partition coefficient (Wildman–Crippen LogP) is 1.78. The molecule has 3 heterocycles. The molecule has 0 bridgehead atoms. The van der Waals surface area contributed by atoms with Gasteiger partial charge in [0, 0.05) is 32.0 Å². The lowest BCUT2D eigenvalue weighted by Gasteiger charge is -2.27. The van der Waals surface area contributed by atoms with Crippen molar-refractivity contribution in [2.24, 2.45) is 7.05 Å². The van der Waals surface area contributed by atoms with Crippen LogP contribution in [0.4, 0.5) is 23.2 Å². The molecule has 0 unspecified atom stereocenters. The summed E-state index contributed by atoms with van der Waals surface area (Å²) in [6.45, 7) is -0.199. The SMILES string of the molecule is C[C@H](NC(=O)C(=O)N1CC[C@]2(COc3c(cn(C)c3C(=O)Nc3ccc(F)c(Cl)c3)S(=O)(=O)N2)C1)C(F)(F)F. The number of fused-ring (bicyclic) bond motifs is 1. The van der Waals surface area contributed by atoms with Crippen LogP contribution in [-0.4, -0.2) is 73.1 Å². The third-order valence-corrected chi connectivity index (χ3v) is 8.16. The fourth-order valence-electron chi connectivity index (χ4n) is 4.24. The summed E-state index contributed by atoms with van der Waals surface area (Å²) < 4.78 is 87.7. The molecule has 1 fully saturated rings. The van der Waals surface area contributed by atoms with E-state index in [1.54, 1.807) is 5.32 Å². The Labute approximate surface area is 224 Å². The number of benzene rings is 1. The summed E-state index contributed by atoms with van der Waals surface area (Å²) in [4.78, 5) is 38.2. The number of likely N-dealkylation sites (tertiary alicyclic amines) is 1. The molecule has 2 atom stereocenters. The Hall–Kier alpha value is -3.37. The Balaban J connectivity index is 1.54. The number of ether oxygens (including phenoxy) is 1. The summed E-state index contributed by atoms with van der Waals surface area (Å²) in [7, 11) is -2.92. The van der Waals surface area contributed by atoms with Gasteiger partial charge in [0.05, 0.1) is 10.6 Å². The van der Waals surface area contributed by atoms with E-state index >= 15 is 0 Å². The molecule has 212 valence electrons. The van der Waals surface area contributed by atoms with E-state index in [1.807, 2.05) is 0 Å². The minimum Gasteiger partial charge on any atom is -0.488 e. The van der Waals surface area contributed by atoms with Crippen molar-refractivity contribution >= 4 is 45.0 Å². The number of carbonyl (C=O) groups is 3. The van der Waals surface area contributed by atoms with Gasteiger partial charge in [0.25, 0.3) is 5.91 Å². The van der Waals surface area contributed by atoms with Gasteiger partial charge >= 0.3 is 18.0 Å². The van der Waals surface area contributed by atoms with Gasteiger partial charge in [-0.3, -0.25) is 14.4 Å². The van der Waals surface area contributed by atoms with E-state index in [1.165, 1.54) is 23.7 Å². The lowest BCUT2D eigenvalue weighted by molar-refractivity contribution is -0.162. The molecule has 1 aromatic heterocycles. The molecule has 2 aliphatic heterocycles. The van der Waals surface area contributed by atoms with Crippen LogP contribution in [0.3, 0.4) is 0 Å². The molecule has 0 saturated carbocycles. The normalized spacial score (nSPS) is 21.1. The number of alkyl halides is 3. The van der Waals surface area contributed by atoms with E-state index < -0.39 is 51.3 Å². The quantitative estimate of drug-likeness (QED) is 0.365. The Morgan fingerprint density at radius 2 is 1.95 bits per heavy atom. The van der Waals surface area contributed by atoms with Gasteiger partial charge in [-0.15, -0.1) is 0 Å². The highest BCUT2D eigenvalue weighted by atomic mass is 35.5. The smallest absolute Gasteiger partial charge is 0.408 e. The third-order valence-electron chi connectivity index (χ3n) is 6.30. The number of nitrogens with zero attached hydrogens (tertiary/aromatic N) is 2. The van der Waals surface area contributed by atoms with Gasteiger partial charge in [-0.25, -0.2) is 12.8 Å². The first kappa shape index (κ1) is 28.6. The summed E-state index contributed by atoms with van der Waals surface area (Å²) in [5, 5.41) is 3.82. The van der Waals surface area contributed by atoms with Gasteiger partial charge in [0.1, 0.15) is 23.4 Å². The zero-order chi connectivity index (χ0) is 28.9. The molecule has 1 spiro atoms. The van der Waals surface area contributed by atoms with E-state index in [0.29, 0.717) is 6.92 Å². The molecular formula is C22H22ClF4N5O6S. The molecule has 0 aliphatic carbocycles. The van der Waals surface area contributed by atoms with Crippen molar-refractivity contribution < 1.29 is 45.1 Å². The molecule has 1 saturated heterocycles. The summed E-state index contributed by atoms with van der Waals surface area (Å²) in [5.74, 6) is -4.52. The number of aryl methyl sites for hydroxylation is 1. The number of amides is 3. The second kappa shape index (κ2) is 9.98. The number of rotatable bonds is 3. The number of carbonyl (C=O) groups excluding carboxylic acids is 3. The second-order valence-corrected chi connectivity index (χ2v) is 11.3. The monoisotopic (exact) mass is 595 g/mol. The Bertz CT molecular complexity index is 1460. The Kier molecular flexibility index (Phi) is 7.33. The first-order valence-corrected chi connectivity index (χ1v) is 13.2. The van der Waals surface area contributed by atoms with Crippen LogP contribution in [0.5, 0.6) is 5.75 Å². The summed E-state index contributed by atoms with van der Waals surface area (Å²) in [6.07, 6.45) is -3.63. The van der Waals surface area contributed by atoms with Crippen LogP contribution in [0, 0.1) is 5.82 Å². The average Bonchev–Trinajstić information content (AvgIpc) is 3.37. The molecule has 2 aliphatic rings. The summed E-state index contributed by atoms with van der Waals surface area (Å²) >= 11 is 5.75. The van der Waals surface area contributed by atoms with Gasteiger partial charge in [0.15, 0.2) is 11.4 Å². The molecule has 2 aromatic rings. The number of nitrogens with one attached hydrogen (secondary N) is 3. The fourth-order valence-corrected chi connectivity index (χ4v) is 6.03. The third kappa shape index (κ3) is 5.67. The molecule has 4 rings (SSSR count). The number of hydrogen-bond acceptors (Lipinski definition) is 6. The predicted molar refractivity (Wildman–Crippen MR) is 128 cm³/mol. The molecule has 3 amide bonds. The van der Waals surface area contributed by atoms with E-state index in [4.69, 9.17) is 16.3 Å². The van der Waals surface area contributed by atoms with Crippen LogP contribution >= 0.6 is 11.6 Å². The van der Waals surface area contributed by atoms with Crippen LogP contribution in [0.1, 0.15) is 23.8 Å². The van der Waals surface area contributed by atoms with Gasteiger partial charge in [-0.1, -0.05) is 11.6 Å². The van der Waals surface area contributed by atoms with Crippen molar-refractivity contribution in [3.8, 4) is 5.75 Å². The maximum atomic E-state index is 13.5. The number of aromatic nitrogens is 1. The molecule has 39 heavy (non-hydrogen) atoms. The number of anilines is 1. The highest BCUT2D eigenvalue weighted by molar-refractivity contribution is 7.89. The summed E-state index contributed by atoms with van der Waals surface area (Å²) in [6, 6.07) is 1.19. The molecule has 3 N–H and O–H groups in total. The maximum Gasteiger partial charge on any atom is 0.408 e. The van der Waals surface area contributed by atoms with Crippen molar-refractivity contribution in [2.75, 3.05) is 25.0 Å². The van der Waals surface area contributed by atoms with Crippen LogP contribution < -0.4 is 20.1 Å². The van der Waals surface area contributed by atoms with E-state index in [2.05, 4.69) is 10.0 Å². The zero-order valence-corrected chi connectivity index (χ0v) is 21.9. The van der Waals surface area contributed by atoms with Gasteiger partial charge < -0.3 is 24.8 Å². The van der Waals surface area contributed by atoms with Crippen molar-refractivity contribution in [1.29, 1.82) is 0 Å². The number of sulfonamides is 1. The zero-order valence-electron chi connectivity index (χ0n) is 20.4. The van der Waals surface area contributed by atoms with Crippen molar-refractivity contribution in [3.63, 3.8) is 0 Å². The van der Waals surface area contributed by atoms with Crippen molar-refractivity contribution in [1.82, 2.24) is 19.5 Å². The molecule has 11 nitrogen and oxygen atoms in total.